The Balaban J connectivity index is 2.09. The van der Waals surface area contributed by atoms with Crippen LogP contribution >= 0.6 is 11.6 Å². The fraction of sp³-hybridized carbons (Fsp3) is 0.571. The number of benzene rings is 1. The van der Waals surface area contributed by atoms with Crippen molar-refractivity contribution in [1.82, 2.24) is 9.80 Å². The maximum Gasteiger partial charge on any atom is 0.0452 e. The molecule has 100 valence electrons. The minimum Gasteiger partial charge on any atom is -0.399 e. The fourth-order valence-corrected chi connectivity index (χ4v) is 2.77. The second kappa shape index (κ2) is 5.91. The molecule has 0 aliphatic carbocycles. The van der Waals surface area contributed by atoms with E-state index in [1.807, 2.05) is 18.2 Å². The van der Waals surface area contributed by atoms with Gasteiger partial charge in [0.2, 0.25) is 0 Å². The Morgan fingerprint density at radius 3 is 2.94 bits per heavy atom. The van der Waals surface area contributed by atoms with Crippen LogP contribution in [0.1, 0.15) is 18.9 Å². The van der Waals surface area contributed by atoms with Gasteiger partial charge in [0.25, 0.3) is 0 Å². The van der Waals surface area contributed by atoms with Gasteiger partial charge >= 0.3 is 0 Å². The number of nitrogens with two attached hydrogens (primary N) is 1. The highest BCUT2D eigenvalue weighted by Crippen LogP contribution is 2.22. The van der Waals surface area contributed by atoms with Gasteiger partial charge in [-0.05, 0) is 50.7 Å². The summed E-state index contributed by atoms with van der Waals surface area (Å²) in [6.07, 6.45) is 1.21. The maximum atomic E-state index is 6.24. The van der Waals surface area contributed by atoms with Gasteiger partial charge in [-0.1, -0.05) is 11.6 Å². The first-order valence-corrected chi connectivity index (χ1v) is 6.90. The monoisotopic (exact) mass is 267 g/mol. The average Bonchev–Trinajstić information content (AvgIpc) is 2.46. The van der Waals surface area contributed by atoms with Gasteiger partial charge in [-0.25, -0.2) is 0 Å². The van der Waals surface area contributed by atoms with Crippen LogP contribution in [0.25, 0.3) is 0 Å². The number of rotatable bonds is 2. The van der Waals surface area contributed by atoms with E-state index in [9.17, 15) is 0 Å². The fourth-order valence-electron chi connectivity index (χ4n) is 2.59. The third kappa shape index (κ3) is 3.37. The number of likely N-dealkylation sites (N-methyl/N-ethyl adjacent to an activating group) is 1. The van der Waals surface area contributed by atoms with E-state index in [1.165, 1.54) is 13.0 Å². The zero-order valence-electron chi connectivity index (χ0n) is 11.2. The van der Waals surface area contributed by atoms with E-state index in [4.69, 9.17) is 17.3 Å². The third-order valence-electron chi connectivity index (χ3n) is 3.63. The highest BCUT2D eigenvalue weighted by Gasteiger charge is 2.20. The van der Waals surface area contributed by atoms with Crippen molar-refractivity contribution in [2.75, 3.05) is 32.4 Å². The number of anilines is 1. The van der Waals surface area contributed by atoms with Crippen molar-refractivity contribution in [2.45, 2.75) is 25.9 Å². The molecule has 1 unspecified atom stereocenters. The summed E-state index contributed by atoms with van der Waals surface area (Å²) in [5.41, 5.74) is 7.75. The molecule has 1 fully saturated rings. The molecular formula is C14H22ClN3. The number of nitrogen functional groups attached to an aromatic ring is 1. The standard InChI is InChI=1S/C14H22ClN3/c1-11-9-17(2)6-3-7-18(11)10-12-8-13(16)4-5-14(12)15/h4-5,8,11H,3,6-7,9-10,16H2,1-2H3. The molecular weight excluding hydrogens is 246 g/mol. The molecule has 1 atom stereocenters. The number of hydrogen-bond acceptors (Lipinski definition) is 3. The van der Waals surface area contributed by atoms with Crippen LogP contribution in [0.4, 0.5) is 5.69 Å². The van der Waals surface area contributed by atoms with Crippen molar-refractivity contribution in [2.24, 2.45) is 0 Å². The van der Waals surface area contributed by atoms with Crippen LogP contribution < -0.4 is 5.73 Å². The largest absolute Gasteiger partial charge is 0.399 e. The predicted octanol–water partition coefficient (Wildman–Crippen LogP) is 2.45. The van der Waals surface area contributed by atoms with Gasteiger partial charge in [0, 0.05) is 36.4 Å². The number of halogens is 1. The molecule has 0 amide bonds. The summed E-state index contributed by atoms with van der Waals surface area (Å²) in [6, 6.07) is 6.28. The van der Waals surface area contributed by atoms with E-state index in [0.29, 0.717) is 6.04 Å². The summed E-state index contributed by atoms with van der Waals surface area (Å²) >= 11 is 6.24. The Kier molecular flexibility index (Phi) is 4.49. The molecule has 2 rings (SSSR count). The number of hydrogen-bond donors (Lipinski definition) is 1. The smallest absolute Gasteiger partial charge is 0.0452 e. The summed E-state index contributed by atoms with van der Waals surface area (Å²) < 4.78 is 0. The molecule has 3 nitrogen and oxygen atoms in total. The van der Waals surface area contributed by atoms with E-state index in [2.05, 4.69) is 23.8 Å². The van der Waals surface area contributed by atoms with Crippen LogP contribution in [0, 0.1) is 0 Å². The second-order valence-corrected chi connectivity index (χ2v) is 5.69. The normalized spacial score (nSPS) is 22.9. The molecule has 1 aliphatic heterocycles. The molecule has 0 radical (unpaired) electrons. The molecule has 1 aliphatic rings. The Morgan fingerprint density at radius 1 is 1.39 bits per heavy atom. The highest BCUT2D eigenvalue weighted by atomic mass is 35.5. The van der Waals surface area contributed by atoms with Crippen molar-refractivity contribution in [3.05, 3.63) is 28.8 Å². The second-order valence-electron chi connectivity index (χ2n) is 5.29. The van der Waals surface area contributed by atoms with Crippen molar-refractivity contribution in [3.8, 4) is 0 Å². The van der Waals surface area contributed by atoms with Crippen LogP contribution in [0.2, 0.25) is 5.02 Å². The average molecular weight is 268 g/mol. The lowest BCUT2D eigenvalue weighted by atomic mass is 10.1. The molecule has 1 aromatic rings. The molecule has 1 aromatic carbocycles. The summed E-state index contributed by atoms with van der Waals surface area (Å²) in [7, 11) is 2.19. The van der Waals surface area contributed by atoms with Gasteiger partial charge in [-0.3, -0.25) is 4.90 Å². The SMILES string of the molecule is CC1CN(C)CCCN1Cc1cc(N)ccc1Cl. The maximum absolute atomic E-state index is 6.24. The Labute approximate surface area is 115 Å². The van der Waals surface area contributed by atoms with E-state index in [1.54, 1.807) is 0 Å². The molecule has 0 saturated carbocycles. The minimum absolute atomic E-state index is 0.551. The van der Waals surface area contributed by atoms with Crippen molar-refractivity contribution < 1.29 is 0 Å². The lowest BCUT2D eigenvalue weighted by Crippen LogP contribution is -2.37. The lowest BCUT2D eigenvalue weighted by Gasteiger charge is -2.28. The van der Waals surface area contributed by atoms with Gasteiger partial charge in [-0.2, -0.15) is 0 Å². The number of nitrogens with zero attached hydrogens (tertiary/aromatic N) is 2. The van der Waals surface area contributed by atoms with Gasteiger partial charge in [0.1, 0.15) is 0 Å². The Hall–Kier alpha value is -0.770. The van der Waals surface area contributed by atoms with Crippen molar-refractivity contribution >= 4 is 17.3 Å². The zero-order chi connectivity index (χ0) is 13.1. The molecule has 1 heterocycles. The van der Waals surface area contributed by atoms with E-state index in [0.717, 1.165) is 35.9 Å². The first-order valence-electron chi connectivity index (χ1n) is 6.53. The predicted molar refractivity (Wildman–Crippen MR) is 77.9 cm³/mol. The van der Waals surface area contributed by atoms with Crippen LogP contribution in [0.3, 0.4) is 0 Å². The first-order chi connectivity index (χ1) is 8.56. The van der Waals surface area contributed by atoms with E-state index < -0.39 is 0 Å². The molecule has 2 N–H and O–H groups in total. The van der Waals surface area contributed by atoms with Crippen LogP contribution in [0.15, 0.2) is 18.2 Å². The van der Waals surface area contributed by atoms with Crippen LogP contribution in [-0.2, 0) is 6.54 Å². The van der Waals surface area contributed by atoms with Crippen molar-refractivity contribution in [3.63, 3.8) is 0 Å². The lowest BCUT2D eigenvalue weighted by molar-refractivity contribution is 0.194. The van der Waals surface area contributed by atoms with E-state index >= 15 is 0 Å². The first kappa shape index (κ1) is 13.7. The zero-order valence-corrected chi connectivity index (χ0v) is 12.0. The van der Waals surface area contributed by atoms with Gasteiger partial charge in [0.05, 0.1) is 0 Å². The topological polar surface area (TPSA) is 32.5 Å². The molecule has 1 saturated heterocycles. The molecule has 0 aromatic heterocycles. The summed E-state index contributed by atoms with van der Waals surface area (Å²) in [5.74, 6) is 0. The molecule has 0 spiro atoms. The quantitative estimate of drug-likeness (QED) is 0.836. The molecule has 4 heteroatoms. The minimum atomic E-state index is 0.551. The molecule has 0 bridgehead atoms. The van der Waals surface area contributed by atoms with Gasteiger partial charge in [-0.15, -0.1) is 0 Å². The third-order valence-corrected chi connectivity index (χ3v) is 4.00. The summed E-state index contributed by atoms with van der Waals surface area (Å²) in [6.45, 7) is 6.57. The van der Waals surface area contributed by atoms with Crippen molar-refractivity contribution in [1.29, 1.82) is 0 Å². The van der Waals surface area contributed by atoms with Crippen LogP contribution in [-0.4, -0.2) is 42.5 Å². The van der Waals surface area contributed by atoms with Gasteiger partial charge < -0.3 is 10.6 Å². The van der Waals surface area contributed by atoms with E-state index in [-0.39, 0.29) is 0 Å². The Bertz CT molecular complexity index is 408. The Morgan fingerprint density at radius 2 is 2.17 bits per heavy atom. The van der Waals surface area contributed by atoms with Gasteiger partial charge in [0.15, 0.2) is 0 Å². The summed E-state index contributed by atoms with van der Waals surface area (Å²) in [5, 5.41) is 0.814. The molecule has 18 heavy (non-hydrogen) atoms. The summed E-state index contributed by atoms with van der Waals surface area (Å²) in [4.78, 5) is 4.88. The highest BCUT2D eigenvalue weighted by molar-refractivity contribution is 6.31. The van der Waals surface area contributed by atoms with Crippen LogP contribution in [0.5, 0.6) is 0 Å².